The van der Waals surface area contributed by atoms with Crippen LogP contribution in [0, 0.1) is 0 Å². The summed E-state index contributed by atoms with van der Waals surface area (Å²) < 4.78 is 28.9. The van der Waals surface area contributed by atoms with Crippen molar-refractivity contribution in [3.63, 3.8) is 0 Å². The van der Waals surface area contributed by atoms with Gasteiger partial charge in [-0.05, 0) is 24.7 Å². The Labute approximate surface area is 183 Å². The minimum atomic E-state index is -2.64. The number of nitrogens with zero attached hydrogens (tertiary/aromatic N) is 6. The summed E-state index contributed by atoms with van der Waals surface area (Å²) in [4.78, 5) is 30.3. The fraction of sp³-hybridized carbons (Fsp3) is 0.455. The molecule has 0 aromatic carbocycles. The first-order valence-corrected chi connectivity index (χ1v) is 10.7. The summed E-state index contributed by atoms with van der Waals surface area (Å²) in [5.74, 6) is -1.80. The van der Waals surface area contributed by atoms with Crippen LogP contribution in [0.5, 0.6) is 0 Å². The summed E-state index contributed by atoms with van der Waals surface area (Å²) in [5, 5.41) is 3.83. The Morgan fingerprint density at radius 1 is 1.12 bits per heavy atom. The van der Waals surface area contributed by atoms with Crippen LogP contribution in [-0.4, -0.2) is 57.0 Å². The molecule has 2 aliphatic heterocycles. The lowest BCUT2D eigenvalue weighted by Gasteiger charge is -2.32. The number of pyridine rings is 2. The van der Waals surface area contributed by atoms with Gasteiger partial charge in [0.05, 0.1) is 0 Å². The zero-order valence-corrected chi connectivity index (χ0v) is 18.1. The second-order valence-electron chi connectivity index (χ2n) is 8.62. The van der Waals surface area contributed by atoms with Crippen molar-refractivity contribution in [2.24, 2.45) is 7.05 Å². The van der Waals surface area contributed by atoms with Crippen molar-refractivity contribution in [3.8, 4) is 0 Å². The lowest BCUT2D eigenvalue weighted by molar-refractivity contribution is -0.0221. The van der Waals surface area contributed by atoms with E-state index in [2.05, 4.69) is 32.2 Å². The molecule has 0 saturated carbocycles. The standard InChI is InChI=1S/C22H25F2N7O/c1-29-8-4-17-15(13-29)11-16(20(32)30(17)2)27-21-26-12-14-3-7-25-19(18(14)28-21)31-9-5-22(23,24)6-10-31/h3,7,11-12H,4-6,8-10,13H2,1-2H3,(H,26,27,28). The zero-order valence-electron chi connectivity index (χ0n) is 18.1. The Bertz CT molecular complexity index is 1230. The molecule has 5 rings (SSSR count). The first-order chi connectivity index (χ1) is 15.3. The quantitative estimate of drug-likeness (QED) is 0.670. The second kappa shape index (κ2) is 7.77. The molecule has 32 heavy (non-hydrogen) atoms. The van der Waals surface area contributed by atoms with Crippen LogP contribution in [0.25, 0.3) is 10.9 Å². The molecule has 3 aromatic heterocycles. The lowest BCUT2D eigenvalue weighted by atomic mass is 10.1. The van der Waals surface area contributed by atoms with Crippen LogP contribution in [0.15, 0.2) is 29.3 Å². The van der Waals surface area contributed by atoms with Crippen molar-refractivity contribution in [1.29, 1.82) is 0 Å². The molecule has 8 nitrogen and oxygen atoms in total. The lowest BCUT2D eigenvalue weighted by Crippen LogP contribution is -2.39. The van der Waals surface area contributed by atoms with Crippen LogP contribution >= 0.6 is 0 Å². The summed E-state index contributed by atoms with van der Waals surface area (Å²) in [7, 11) is 3.84. The fourth-order valence-electron chi connectivity index (χ4n) is 4.46. The van der Waals surface area contributed by atoms with Gasteiger partial charge in [0, 0.05) is 76.0 Å². The molecule has 3 aromatic rings. The van der Waals surface area contributed by atoms with E-state index >= 15 is 0 Å². The monoisotopic (exact) mass is 441 g/mol. The molecule has 1 fully saturated rings. The fourth-order valence-corrected chi connectivity index (χ4v) is 4.46. The smallest absolute Gasteiger partial charge is 0.274 e. The van der Waals surface area contributed by atoms with Crippen molar-refractivity contribution in [2.45, 2.75) is 31.7 Å². The number of fused-ring (bicyclic) bond motifs is 2. The van der Waals surface area contributed by atoms with Gasteiger partial charge in [0.2, 0.25) is 5.95 Å². The van der Waals surface area contributed by atoms with E-state index < -0.39 is 5.92 Å². The number of anilines is 3. The van der Waals surface area contributed by atoms with Crippen molar-refractivity contribution < 1.29 is 8.78 Å². The molecule has 10 heteroatoms. The third-order valence-electron chi connectivity index (χ3n) is 6.32. The largest absolute Gasteiger partial charge is 0.354 e. The number of hydrogen-bond acceptors (Lipinski definition) is 7. The summed E-state index contributed by atoms with van der Waals surface area (Å²) in [6.45, 7) is 2.11. The van der Waals surface area contributed by atoms with Crippen LogP contribution < -0.4 is 15.8 Å². The molecule has 5 heterocycles. The maximum absolute atomic E-state index is 13.6. The predicted octanol–water partition coefficient (Wildman–Crippen LogP) is 2.69. The molecular formula is C22H25F2N7O. The van der Waals surface area contributed by atoms with Crippen molar-refractivity contribution in [1.82, 2.24) is 24.4 Å². The molecule has 1 saturated heterocycles. The van der Waals surface area contributed by atoms with Crippen molar-refractivity contribution in [2.75, 3.05) is 36.9 Å². The number of rotatable bonds is 3. The third kappa shape index (κ3) is 3.79. The first kappa shape index (κ1) is 20.7. The Kier molecular flexibility index (Phi) is 5.04. The number of hydrogen-bond donors (Lipinski definition) is 1. The summed E-state index contributed by atoms with van der Waals surface area (Å²) >= 11 is 0. The van der Waals surface area contributed by atoms with Crippen molar-refractivity contribution in [3.05, 3.63) is 46.1 Å². The van der Waals surface area contributed by atoms with Gasteiger partial charge in [0.25, 0.3) is 11.5 Å². The van der Waals surface area contributed by atoms with Crippen LogP contribution in [0.2, 0.25) is 0 Å². The Morgan fingerprint density at radius 3 is 2.69 bits per heavy atom. The average molecular weight is 441 g/mol. The topological polar surface area (TPSA) is 79.2 Å². The van der Waals surface area contributed by atoms with Gasteiger partial charge >= 0.3 is 0 Å². The number of halogens is 2. The molecule has 0 radical (unpaired) electrons. The van der Waals surface area contributed by atoms with Gasteiger partial charge in [-0.2, -0.15) is 0 Å². The highest BCUT2D eigenvalue weighted by atomic mass is 19.3. The number of alkyl halides is 2. The van der Waals surface area contributed by atoms with Gasteiger partial charge in [-0.15, -0.1) is 0 Å². The van der Waals surface area contributed by atoms with E-state index in [-0.39, 0.29) is 37.4 Å². The highest BCUT2D eigenvalue weighted by Crippen LogP contribution is 2.32. The van der Waals surface area contributed by atoms with E-state index in [1.807, 2.05) is 11.0 Å². The third-order valence-corrected chi connectivity index (χ3v) is 6.32. The van der Waals surface area contributed by atoms with Gasteiger partial charge in [0.15, 0.2) is 5.82 Å². The Morgan fingerprint density at radius 2 is 1.91 bits per heavy atom. The van der Waals surface area contributed by atoms with Gasteiger partial charge in [-0.25, -0.2) is 23.7 Å². The molecule has 0 bridgehead atoms. The summed E-state index contributed by atoms with van der Waals surface area (Å²) in [6.07, 6.45) is 3.71. The SMILES string of the molecule is CN1CCc2c(cc(Nc3ncc4ccnc(N5CCC(F)(F)CC5)c4n3)c(=O)n2C)C1. The number of likely N-dealkylation sites (N-methyl/N-ethyl adjacent to an activating group) is 1. The highest BCUT2D eigenvalue weighted by Gasteiger charge is 2.35. The average Bonchev–Trinajstić information content (AvgIpc) is 2.77. The van der Waals surface area contributed by atoms with Gasteiger partial charge in [0.1, 0.15) is 11.2 Å². The van der Waals surface area contributed by atoms with E-state index in [4.69, 9.17) is 0 Å². The van der Waals surface area contributed by atoms with Crippen molar-refractivity contribution >= 4 is 28.4 Å². The molecule has 0 spiro atoms. The second-order valence-corrected chi connectivity index (χ2v) is 8.62. The minimum absolute atomic E-state index is 0.137. The van der Waals surface area contributed by atoms with E-state index in [0.29, 0.717) is 17.0 Å². The van der Waals surface area contributed by atoms with Gasteiger partial charge < -0.3 is 19.7 Å². The van der Waals surface area contributed by atoms with E-state index in [1.165, 1.54) is 0 Å². The van der Waals surface area contributed by atoms with E-state index in [1.54, 1.807) is 30.1 Å². The maximum Gasteiger partial charge on any atom is 0.274 e. The highest BCUT2D eigenvalue weighted by molar-refractivity contribution is 5.89. The Hall–Kier alpha value is -3.14. The zero-order chi connectivity index (χ0) is 22.5. The maximum atomic E-state index is 13.6. The van der Waals surface area contributed by atoms with Crippen LogP contribution in [-0.2, 0) is 20.0 Å². The van der Waals surface area contributed by atoms with E-state index in [0.717, 1.165) is 36.2 Å². The summed E-state index contributed by atoms with van der Waals surface area (Å²) in [6, 6.07) is 3.66. The van der Waals surface area contributed by atoms with Crippen LogP contribution in [0.1, 0.15) is 24.1 Å². The number of nitrogens with one attached hydrogen (secondary N) is 1. The van der Waals surface area contributed by atoms with Gasteiger partial charge in [-0.3, -0.25) is 4.79 Å². The molecule has 0 amide bonds. The normalized spacial score (nSPS) is 18.6. The molecular weight excluding hydrogens is 416 g/mol. The van der Waals surface area contributed by atoms with Crippen LogP contribution in [0.3, 0.4) is 0 Å². The summed E-state index contributed by atoms with van der Waals surface area (Å²) in [5.41, 5.74) is 2.99. The Balaban J connectivity index is 1.49. The molecule has 2 aliphatic rings. The van der Waals surface area contributed by atoms with Gasteiger partial charge in [-0.1, -0.05) is 0 Å². The molecule has 0 atom stereocenters. The number of piperidine rings is 1. The molecule has 0 unspecified atom stereocenters. The minimum Gasteiger partial charge on any atom is -0.354 e. The first-order valence-electron chi connectivity index (χ1n) is 10.7. The predicted molar refractivity (Wildman–Crippen MR) is 119 cm³/mol. The molecule has 0 aliphatic carbocycles. The van der Waals surface area contributed by atoms with E-state index in [9.17, 15) is 13.6 Å². The number of aromatic nitrogens is 4. The molecule has 168 valence electrons. The molecule has 1 N–H and O–H groups in total. The van der Waals surface area contributed by atoms with Crippen LogP contribution in [0.4, 0.5) is 26.2 Å².